The SMILES string of the molecule is CC(C)c1nnc(N2CC(Cn3cc(Cl)cn3)C2)s1. The molecule has 0 saturated carbocycles. The van der Waals surface area contributed by atoms with Gasteiger partial charge in [-0.15, -0.1) is 10.2 Å². The first-order valence-electron chi connectivity index (χ1n) is 6.38. The third-order valence-corrected chi connectivity index (χ3v) is 4.68. The fourth-order valence-corrected chi connectivity index (χ4v) is 3.15. The molecule has 1 saturated heterocycles. The summed E-state index contributed by atoms with van der Waals surface area (Å²) in [6.07, 6.45) is 3.55. The Hall–Kier alpha value is -1.14. The van der Waals surface area contributed by atoms with Crippen molar-refractivity contribution in [3.63, 3.8) is 0 Å². The predicted octanol–water partition coefficient (Wildman–Crippen LogP) is 2.65. The number of nitrogens with zero attached hydrogens (tertiary/aromatic N) is 5. The summed E-state index contributed by atoms with van der Waals surface area (Å²) in [5.41, 5.74) is 0. The smallest absolute Gasteiger partial charge is 0.208 e. The highest BCUT2D eigenvalue weighted by Gasteiger charge is 2.29. The normalized spacial score (nSPS) is 16.1. The van der Waals surface area contributed by atoms with Gasteiger partial charge in [0.05, 0.1) is 11.2 Å². The largest absolute Gasteiger partial charge is 0.346 e. The van der Waals surface area contributed by atoms with Crippen molar-refractivity contribution < 1.29 is 0 Å². The minimum absolute atomic E-state index is 0.453. The first kappa shape index (κ1) is 12.9. The lowest BCUT2D eigenvalue weighted by atomic mass is 10.0. The van der Waals surface area contributed by atoms with E-state index in [-0.39, 0.29) is 0 Å². The molecular weight excluding hydrogens is 282 g/mol. The summed E-state index contributed by atoms with van der Waals surface area (Å²) in [7, 11) is 0. The molecular formula is C12H16ClN5S. The van der Waals surface area contributed by atoms with Gasteiger partial charge >= 0.3 is 0 Å². The van der Waals surface area contributed by atoms with E-state index in [4.69, 9.17) is 11.6 Å². The van der Waals surface area contributed by atoms with Gasteiger partial charge in [-0.3, -0.25) is 4.68 Å². The Morgan fingerprint density at radius 1 is 1.42 bits per heavy atom. The first-order chi connectivity index (χ1) is 9.11. The van der Waals surface area contributed by atoms with Crippen LogP contribution < -0.4 is 4.90 Å². The molecule has 3 rings (SSSR count). The zero-order valence-electron chi connectivity index (χ0n) is 11.0. The van der Waals surface area contributed by atoms with Gasteiger partial charge in [0, 0.05) is 37.7 Å². The molecule has 0 amide bonds. The van der Waals surface area contributed by atoms with Gasteiger partial charge in [0.2, 0.25) is 5.13 Å². The van der Waals surface area contributed by atoms with E-state index < -0.39 is 0 Å². The van der Waals surface area contributed by atoms with Gasteiger partial charge in [-0.25, -0.2) is 0 Å². The third-order valence-electron chi connectivity index (χ3n) is 3.20. The van der Waals surface area contributed by atoms with Crippen molar-refractivity contribution >= 4 is 28.1 Å². The molecule has 3 heterocycles. The highest BCUT2D eigenvalue weighted by Crippen LogP contribution is 2.30. The molecule has 102 valence electrons. The van der Waals surface area contributed by atoms with E-state index in [0.717, 1.165) is 29.8 Å². The Morgan fingerprint density at radius 3 is 2.79 bits per heavy atom. The van der Waals surface area contributed by atoms with E-state index in [0.29, 0.717) is 16.9 Å². The number of halogens is 1. The van der Waals surface area contributed by atoms with Crippen LogP contribution in [0, 0.1) is 5.92 Å². The van der Waals surface area contributed by atoms with Crippen LogP contribution in [0.2, 0.25) is 5.02 Å². The van der Waals surface area contributed by atoms with Gasteiger partial charge in [-0.1, -0.05) is 36.8 Å². The maximum absolute atomic E-state index is 5.85. The van der Waals surface area contributed by atoms with E-state index in [1.165, 1.54) is 0 Å². The quantitative estimate of drug-likeness (QED) is 0.870. The number of anilines is 1. The number of hydrogen-bond donors (Lipinski definition) is 0. The van der Waals surface area contributed by atoms with Crippen LogP contribution in [-0.2, 0) is 6.54 Å². The topological polar surface area (TPSA) is 46.8 Å². The summed E-state index contributed by atoms with van der Waals surface area (Å²) in [6.45, 7) is 7.24. The van der Waals surface area contributed by atoms with Gasteiger partial charge in [-0.05, 0) is 0 Å². The van der Waals surface area contributed by atoms with Gasteiger partial charge in [0.25, 0.3) is 0 Å². The van der Waals surface area contributed by atoms with Gasteiger partial charge in [0.1, 0.15) is 5.01 Å². The zero-order valence-corrected chi connectivity index (χ0v) is 12.5. The Morgan fingerprint density at radius 2 is 2.21 bits per heavy atom. The van der Waals surface area contributed by atoms with Crippen LogP contribution in [0.3, 0.4) is 0 Å². The third kappa shape index (κ3) is 2.74. The molecule has 1 fully saturated rings. The second-order valence-electron chi connectivity index (χ2n) is 5.23. The molecule has 1 aliphatic rings. The summed E-state index contributed by atoms with van der Waals surface area (Å²) in [4.78, 5) is 2.28. The maximum Gasteiger partial charge on any atom is 0.208 e. The summed E-state index contributed by atoms with van der Waals surface area (Å²) in [5, 5.41) is 15.5. The lowest BCUT2D eigenvalue weighted by Crippen LogP contribution is -2.48. The minimum Gasteiger partial charge on any atom is -0.346 e. The molecule has 0 unspecified atom stereocenters. The molecule has 0 N–H and O–H groups in total. The van der Waals surface area contributed by atoms with E-state index >= 15 is 0 Å². The minimum atomic E-state index is 0.453. The maximum atomic E-state index is 5.85. The van der Waals surface area contributed by atoms with Crippen LogP contribution in [0.5, 0.6) is 0 Å². The van der Waals surface area contributed by atoms with Gasteiger partial charge < -0.3 is 4.90 Å². The van der Waals surface area contributed by atoms with Crippen molar-refractivity contribution in [2.45, 2.75) is 26.3 Å². The van der Waals surface area contributed by atoms with E-state index in [9.17, 15) is 0 Å². The van der Waals surface area contributed by atoms with Gasteiger partial charge in [0.15, 0.2) is 0 Å². The van der Waals surface area contributed by atoms with Gasteiger partial charge in [-0.2, -0.15) is 5.10 Å². The molecule has 0 atom stereocenters. The highest BCUT2D eigenvalue weighted by atomic mass is 35.5. The van der Waals surface area contributed by atoms with Crippen LogP contribution in [0.25, 0.3) is 0 Å². The lowest BCUT2D eigenvalue weighted by Gasteiger charge is -2.38. The highest BCUT2D eigenvalue weighted by molar-refractivity contribution is 7.15. The molecule has 2 aromatic heterocycles. The monoisotopic (exact) mass is 297 g/mol. The molecule has 0 radical (unpaired) electrons. The van der Waals surface area contributed by atoms with E-state index in [1.807, 2.05) is 10.9 Å². The lowest BCUT2D eigenvalue weighted by molar-refractivity contribution is 0.341. The van der Waals surface area contributed by atoms with Crippen molar-refractivity contribution in [2.75, 3.05) is 18.0 Å². The van der Waals surface area contributed by atoms with Crippen LogP contribution in [0.1, 0.15) is 24.8 Å². The second kappa shape index (κ2) is 5.09. The van der Waals surface area contributed by atoms with Crippen LogP contribution in [-0.4, -0.2) is 33.1 Å². The second-order valence-corrected chi connectivity index (χ2v) is 6.65. The zero-order chi connectivity index (χ0) is 13.4. The number of aromatic nitrogens is 4. The number of rotatable bonds is 4. The standard InChI is InChI=1S/C12H16ClN5S/c1-8(2)11-15-16-12(19-11)17-4-9(5-17)6-18-7-10(13)3-14-18/h3,7-9H,4-6H2,1-2H3. The van der Waals surface area contributed by atoms with Crippen molar-refractivity contribution in [3.05, 3.63) is 22.4 Å². The summed E-state index contributed by atoms with van der Waals surface area (Å²) in [6, 6.07) is 0. The molecule has 0 aliphatic carbocycles. The summed E-state index contributed by atoms with van der Waals surface area (Å²) in [5.74, 6) is 1.07. The van der Waals surface area contributed by atoms with Crippen LogP contribution in [0.4, 0.5) is 5.13 Å². The fourth-order valence-electron chi connectivity index (χ4n) is 2.13. The summed E-state index contributed by atoms with van der Waals surface area (Å²) < 4.78 is 1.91. The van der Waals surface area contributed by atoms with Crippen molar-refractivity contribution in [1.29, 1.82) is 0 Å². The van der Waals surface area contributed by atoms with Crippen molar-refractivity contribution in [3.8, 4) is 0 Å². The number of hydrogen-bond acceptors (Lipinski definition) is 5. The van der Waals surface area contributed by atoms with Crippen molar-refractivity contribution in [2.24, 2.45) is 5.92 Å². The Labute approximate surface area is 121 Å². The molecule has 0 spiro atoms. The van der Waals surface area contributed by atoms with Crippen molar-refractivity contribution in [1.82, 2.24) is 20.0 Å². The molecule has 19 heavy (non-hydrogen) atoms. The Balaban J connectivity index is 1.54. The molecule has 7 heteroatoms. The fraction of sp³-hybridized carbons (Fsp3) is 0.583. The van der Waals surface area contributed by atoms with Crippen LogP contribution in [0.15, 0.2) is 12.4 Å². The molecule has 5 nitrogen and oxygen atoms in total. The predicted molar refractivity (Wildman–Crippen MR) is 76.9 cm³/mol. The molecule has 1 aliphatic heterocycles. The first-order valence-corrected chi connectivity index (χ1v) is 7.57. The molecule has 2 aromatic rings. The average Bonchev–Trinajstić information content (AvgIpc) is 2.91. The van der Waals surface area contributed by atoms with E-state index in [1.54, 1.807) is 17.5 Å². The Bertz CT molecular complexity index is 558. The van der Waals surface area contributed by atoms with E-state index in [2.05, 4.69) is 34.0 Å². The summed E-state index contributed by atoms with van der Waals surface area (Å²) >= 11 is 7.55. The Kier molecular flexibility index (Phi) is 3.45. The average molecular weight is 298 g/mol. The molecule has 0 aromatic carbocycles. The van der Waals surface area contributed by atoms with Crippen LogP contribution >= 0.6 is 22.9 Å². The molecule has 0 bridgehead atoms.